The zero-order valence-electron chi connectivity index (χ0n) is 18.0. The van der Waals surface area contributed by atoms with Crippen molar-refractivity contribution in [3.63, 3.8) is 0 Å². The van der Waals surface area contributed by atoms with Gasteiger partial charge in [0, 0.05) is 24.3 Å². The Morgan fingerprint density at radius 2 is 1.58 bits per heavy atom. The molecule has 4 rings (SSSR count). The van der Waals surface area contributed by atoms with Gasteiger partial charge in [-0.1, -0.05) is 6.07 Å². The van der Waals surface area contributed by atoms with Crippen molar-refractivity contribution in [3.05, 3.63) is 77.7 Å². The molecule has 1 aromatic heterocycles. The van der Waals surface area contributed by atoms with Crippen LogP contribution in [0.4, 0.5) is 11.4 Å². The molecular formula is C24H25N3O5S. The van der Waals surface area contributed by atoms with Crippen LogP contribution in [-0.4, -0.2) is 26.8 Å². The van der Waals surface area contributed by atoms with Crippen LogP contribution < -0.4 is 15.4 Å². The summed E-state index contributed by atoms with van der Waals surface area (Å²) >= 11 is 0. The van der Waals surface area contributed by atoms with Crippen molar-refractivity contribution in [1.82, 2.24) is 4.72 Å². The summed E-state index contributed by atoms with van der Waals surface area (Å²) in [7, 11) is -3.68. The monoisotopic (exact) mass is 467 g/mol. The molecule has 0 aliphatic heterocycles. The summed E-state index contributed by atoms with van der Waals surface area (Å²) in [5.74, 6) is -0.497. The zero-order valence-corrected chi connectivity index (χ0v) is 18.8. The second-order valence-corrected chi connectivity index (χ2v) is 9.61. The third-order valence-corrected chi connectivity index (χ3v) is 6.90. The molecule has 2 amide bonds. The van der Waals surface area contributed by atoms with Gasteiger partial charge in [-0.3, -0.25) is 9.59 Å². The summed E-state index contributed by atoms with van der Waals surface area (Å²) in [5.41, 5.74) is 3.39. The third-order valence-electron chi connectivity index (χ3n) is 5.45. The Morgan fingerprint density at radius 1 is 0.879 bits per heavy atom. The molecule has 0 spiro atoms. The lowest BCUT2D eigenvalue weighted by Gasteiger charge is -2.16. The van der Waals surface area contributed by atoms with Gasteiger partial charge in [0.25, 0.3) is 5.91 Å². The maximum Gasteiger partial charge on any atom is 0.291 e. The Labute approximate surface area is 192 Å². The van der Waals surface area contributed by atoms with E-state index < -0.39 is 10.0 Å². The van der Waals surface area contributed by atoms with Gasteiger partial charge >= 0.3 is 0 Å². The van der Waals surface area contributed by atoms with E-state index in [4.69, 9.17) is 4.42 Å². The van der Waals surface area contributed by atoms with Crippen molar-refractivity contribution in [2.24, 2.45) is 0 Å². The number of hydrogen-bond acceptors (Lipinski definition) is 5. The Hall–Kier alpha value is -3.43. The second-order valence-electron chi connectivity index (χ2n) is 7.84. The van der Waals surface area contributed by atoms with Crippen LogP contribution >= 0.6 is 0 Å². The van der Waals surface area contributed by atoms with Crippen LogP contribution in [0, 0.1) is 0 Å². The highest BCUT2D eigenvalue weighted by molar-refractivity contribution is 7.89. The molecule has 33 heavy (non-hydrogen) atoms. The molecular weight excluding hydrogens is 442 g/mol. The molecule has 1 heterocycles. The van der Waals surface area contributed by atoms with Gasteiger partial charge < -0.3 is 15.1 Å². The summed E-state index contributed by atoms with van der Waals surface area (Å²) in [6, 6.07) is 15.0. The van der Waals surface area contributed by atoms with E-state index in [9.17, 15) is 18.0 Å². The first-order valence-electron chi connectivity index (χ1n) is 10.8. The number of aryl methyl sites for hydroxylation is 2. The standard InChI is InChI=1S/C24H25N3O5S/c28-23(26-19-8-10-20(11-9-19)27-24(29)22-6-3-15-32-22)13-14-25-33(30,31)21-12-7-17-4-1-2-5-18(17)16-21/h3,6-12,15-16,25H,1-2,4-5,13-14H2,(H,26,28)(H,27,29). The fourth-order valence-corrected chi connectivity index (χ4v) is 4.80. The molecule has 0 saturated heterocycles. The van der Waals surface area contributed by atoms with E-state index in [2.05, 4.69) is 15.4 Å². The average Bonchev–Trinajstić information content (AvgIpc) is 3.35. The van der Waals surface area contributed by atoms with E-state index in [1.165, 1.54) is 11.8 Å². The Kier molecular flexibility index (Phi) is 6.90. The highest BCUT2D eigenvalue weighted by atomic mass is 32.2. The number of sulfonamides is 1. The highest BCUT2D eigenvalue weighted by Gasteiger charge is 2.18. The number of amides is 2. The molecule has 1 aliphatic rings. The van der Waals surface area contributed by atoms with E-state index in [1.54, 1.807) is 48.5 Å². The van der Waals surface area contributed by atoms with Crippen molar-refractivity contribution in [2.45, 2.75) is 37.0 Å². The summed E-state index contributed by atoms with van der Waals surface area (Å²) in [6.07, 6.45) is 5.49. The van der Waals surface area contributed by atoms with E-state index in [0.29, 0.717) is 11.4 Å². The minimum Gasteiger partial charge on any atom is -0.459 e. The van der Waals surface area contributed by atoms with E-state index in [0.717, 1.165) is 31.2 Å². The van der Waals surface area contributed by atoms with Gasteiger partial charge in [-0.2, -0.15) is 0 Å². The number of nitrogens with one attached hydrogen (secondary N) is 3. The molecule has 0 fully saturated rings. The first-order valence-corrected chi connectivity index (χ1v) is 12.3. The predicted molar refractivity (Wildman–Crippen MR) is 125 cm³/mol. The molecule has 3 N–H and O–H groups in total. The zero-order chi connectivity index (χ0) is 23.3. The lowest BCUT2D eigenvalue weighted by molar-refractivity contribution is -0.116. The third kappa shape index (κ3) is 5.88. The van der Waals surface area contributed by atoms with Crippen LogP contribution in [-0.2, 0) is 27.7 Å². The predicted octanol–water partition coefficient (Wildman–Crippen LogP) is 3.72. The van der Waals surface area contributed by atoms with Crippen LogP contribution in [0.2, 0.25) is 0 Å². The van der Waals surface area contributed by atoms with Gasteiger partial charge in [0.2, 0.25) is 15.9 Å². The van der Waals surface area contributed by atoms with Gasteiger partial charge in [0.1, 0.15) is 0 Å². The van der Waals surface area contributed by atoms with Crippen LogP contribution in [0.15, 0.2) is 70.2 Å². The molecule has 1 aliphatic carbocycles. The van der Waals surface area contributed by atoms with Crippen LogP contribution in [0.25, 0.3) is 0 Å². The van der Waals surface area contributed by atoms with Crippen LogP contribution in [0.5, 0.6) is 0 Å². The summed E-state index contributed by atoms with van der Waals surface area (Å²) < 4.78 is 32.7. The number of carbonyl (C=O) groups excluding carboxylic acids is 2. The van der Waals surface area contributed by atoms with Crippen molar-refractivity contribution in [2.75, 3.05) is 17.2 Å². The van der Waals surface area contributed by atoms with Crippen LogP contribution in [0.1, 0.15) is 40.9 Å². The lowest BCUT2D eigenvalue weighted by atomic mass is 9.92. The fourth-order valence-electron chi connectivity index (χ4n) is 3.72. The van der Waals surface area contributed by atoms with Gasteiger partial charge in [-0.25, -0.2) is 13.1 Å². The Balaban J connectivity index is 1.25. The first-order chi connectivity index (χ1) is 15.9. The van der Waals surface area contributed by atoms with Gasteiger partial charge in [-0.05, 0) is 85.3 Å². The first kappa shape index (κ1) is 22.8. The summed E-state index contributed by atoms with van der Waals surface area (Å²) in [5, 5.41) is 5.40. The Bertz CT molecular complexity index is 1240. The fraction of sp³-hybridized carbons (Fsp3) is 0.250. The lowest BCUT2D eigenvalue weighted by Crippen LogP contribution is -2.28. The smallest absolute Gasteiger partial charge is 0.291 e. The number of anilines is 2. The largest absolute Gasteiger partial charge is 0.459 e. The minimum atomic E-state index is -3.68. The van der Waals surface area contributed by atoms with Crippen LogP contribution in [0.3, 0.4) is 0 Å². The maximum absolute atomic E-state index is 12.6. The van der Waals surface area contributed by atoms with E-state index >= 15 is 0 Å². The Morgan fingerprint density at radius 3 is 2.27 bits per heavy atom. The molecule has 0 radical (unpaired) electrons. The summed E-state index contributed by atoms with van der Waals surface area (Å²) in [4.78, 5) is 24.4. The van der Waals surface area contributed by atoms with Crippen molar-refractivity contribution in [1.29, 1.82) is 0 Å². The molecule has 172 valence electrons. The molecule has 0 unspecified atom stereocenters. The molecule has 8 nitrogen and oxygen atoms in total. The molecule has 2 aromatic carbocycles. The summed E-state index contributed by atoms with van der Waals surface area (Å²) in [6.45, 7) is -0.0114. The number of carbonyl (C=O) groups is 2. The van der Waals surface area contributed by atoms with E-state index in [1.807, 2.05) is 6.07 Å². The number of benzene rings is 2. The number of rotatable bonds is 8. The SMILES string of the molecule is O=C(CCNS(=O)(=O)c1ccc2c(c1)CCCC2)Nc1ccc(NC(=O)c2ccco2)cc1. The molecule has 0 bridgehead atoms. The highest BCUT2D eigenvalue weighted by Crippen LogP contribution is 2.24. The van der Waals surface area contributed by atoms with Gasteiger partial charge in [-0.15, -0.1) is 0 Å². The average molecular weight is 468 g/mol. The van der Waals surface area contributed by atoms with Gasteiger partial charge in [0.05, 0.1) is 11.2 Å². The molecule has 9 heteroatoms. The number of furan rings is 1. The van der Waals surface area contributed by atoms with Gasteiger partial charge in [0.15, 0.2) is 5.76 Å². The van der Waals surface area contributed by atoms with Crippen molar-refractivity contribution in [3.8, 4) is 0 Å². The maximum atomic E-state index is 12.6. The molecule has 0 atom stereocenters. The van der Waals surface area contributed by atoms with Crippen molar-refractivity contribution < 1.29 is 22.4 Å². The van der Waals surface area contributed by atoms with Crippen molar-refractivity contribution >= 4 is 33.2 Å². The minimum absolute atomic E-state index is 0.0114. The second kappa shape index (κ2) is 10.0. The number of hydrogen-bond donors (Lipinski definition) is 3. The molecule has 0 saturated carbocycles. The normalized spacial score (nSPS) is 13.2. The van der Waals surface area contributed by atoms with E-state index in [-0.39, 0.29) is 35.4 Å². The quantitative estimate of drug-likeness (QED) is 0.467. The number of fused-ring (bicyclic) bond motifs is 1. The topological polar surface area (TPSA) is 118 Å². The molecule has 3 aromatic rings.